The molecule has 0 amide bonds. The lowest BCUT2D eigenvalue weighted by Crippen LogP contribution is -1.90. The van der Waals surface area contributed by atoms with Crippen molar-refractivity contribution in [2.24, 2.45) is 0 Å². The second-order valence-corrected chi connectivity index (χ2v) is 4.92. The standard InChI is InChI=1S/C10H10BrN3OS/c1-6-13-14-10(15-6)16-5-7-3-2-4-8(12)9(7)11/h2-4H,5,12H2,1H3. The van der Waals surface area contributed by atoms with Gasteiger partial charge in [0.15, 0.2) is 0 Å². The van der Waals surface area contributed by atoms with Gasteiger partial charge < -0.3 is 10.2 Å². The Morgan fingerprint density at radius 3 is 2.94 bits per heavy atom. The highest BCUT2D eigenvalue weighted by Gasteiger charge is 2.07. The second kappa shape index (κ2) is 4.88. The van der Waals surface area contributed by atoms with Crippen molar-refractivity contribution < 1.29 is 4.42 Å². The smallest absolute Gasteiger partial charge is 0.276 e. The van der Waals surface area contributed by atoms with Gasteiger partial charge in [0.2, 0.25) is 5.89 Å². The van der Waals surface area contributed by atoms with Gasteiger partial charge in [-0.2, -0.15) is 0 Å². The molecule has 0 bridgehead atoms. The van der Waals surface area contributed by atoms with Gasteiger partial charge in [-0.15, -0.1) is 10.2 Å². The number of aryl methyl sites for hydroxylation is 1. The van der Waals surface area contributed by atoms with E-state index in [-0.39, 0.29) is 0 Å². The minimum atomic E-state index is 0.576. The molecular formula is C10H10BrN3OS. The van der Waals surface area contributed by atoms with Crippen LogP contribution in [0.1, 0.15) is 11.5 Å². The molecule has 1 aromatic carbocycles. The van der Waals surface area contributed by atoms with Crippen LogP contribution >= 0.6 is 27.7 Å². The number of halogens is 1. The fourth-order valence-corrected chi connectivity index (χ4v) is 2.58. The van der Waals surface area contributed by atoms with Crippen molar-refractivity contribution in [2.45, 2.75) is 17.9 Å². The summed E-state index contributed by atoms with van der Waals surface area (Å²) in [5.74, 6) is 1.32. The molecule has 2 aromatic rings. The zero-order valence-electron chi connectivity index (χ0n) is 8.61. The van der Waals surface area contributed by atoms with Gasteiger partial charge in [0, 0.05) is 22.8 Å². The molecule has 0 aliphatic heterocycles. The third kappa shape index (κ3) is 2.56. The van der Waals surface area contributed by atoms with Crippen molar-refractivity contribution in [3.8, 4) is 0 Å². The van der Waals surface area contributed by atoms with Crippen molar-refractivity contribution in [3.05, 3.63) is 34.1 Å². The molecule has 0 aliphatic carbocycles. The monoisotopic (exact) mass is 299 g/mol. The summed E-state index contributed by atoms with van der Waals surface area (Å²) in [6.45, 7) is 1.77. The van der Waals surface area contributed by atoms with Crippen molar-refractivity contribution in [1.29, 1.82) is 0 Å². The van der Waals surface area contributed by atoms with Gasteiger partial charge in [0.1, 0.15) is 0 Å². The van der Waals surface area contributed by atoms with Crippen LogP contribution in [0.3, 0.4) is 0 Å². The second-order valence-electron chi connectivity index (χ2n) is 3.20. The minimum Gasteiger partial charge on any atom is -0.416 e. The Kier molecular flexibility index (Phi) is 3.50. The number of hydrogen-bond donors (Lipinski definition) is 1. The van der Waals surface area contributed by atoms with Crippen LogP contribution in [0.4, 0.5) is 5.69 Å². The van der Waals surface area contributed by atoms with E-state index in [1.807, 2.05) is 18.2 Å². The van der Waals surface area contributed by atoms with Gasteiger partial charge in [0.05, 0.1) is 0 Å². The molecular weight excluding hydrogens is 290 g/mol. The summed E-state index contributed by atoms with van der Waals surface area (Å²) in [6, 6.07) is 5.79. The molecule has 16 heavy (non-hydrogen) atoms. The summed E-state index contributed by atoms with van der Waals surface area (Å²) in [6.07, 6.45) is 0. The Labute approximate surface area is 106 Å². The Bertz CT molecular complexity index is 501. The molecule has 4 nitrogen and oxygen atoms in total. The Morgan fingerprint density at radius 2 is 2.25 bits per heavy atom. The number of rotatable bonds is 3. The molecule has 0 saturated heterocycles. The average molecular weight is 300 g/mol. The van der Waals surface area contributed by atoms with Crippen molar-refractivity contribution in [3.63, 3.8) is 0 Å². The van der Waals surface area contributed by atoms with Crippen LogP contribution in [-0.4, -0.2) is 10.2 Å². The maximum absolute atomic E-state index is 5.79. The lowest BCUT2D eigenvalue weighted by Gasteiger charge is -2.04. The fourth-order valence-electron chi connectivity index (χ4n) is 1.19. The maximum Gasteiger partial charge on any atom is 0.276 e. The predicted molar refractivity (Wildman–Crippen MR) is 67.2 cm³/mol. The average Bonchev–Trinajstić information content (AvgIpc) is 2.67. The summed E-state index contributed by atoms with van der Waals surface area (Å²) in [4.78, 5) is 0. The molecule has 1 aromatic heterocycles. The van der Waals surface area contributed by atoms with E-state index < -0.39 is 0 Å². The van der Waals surface area contributed by atoms with Crippen LogP contribution in [0, 0.1) is 6.92 Å². The summed E-state index contributed by atoms with van der Waals surface area (Å²) >= 11 is 4.95. The molecule has 0 unspecified atom stereocenters. The fraction of sp³-hybridized carbons (Fsp3) is 0.200. The first kappa shape index (κ1) is 11.5. The zero-order valence-corrected chi connectivity index (χ0v) is 11.0. The minimum absolute atomic E-state index is 0.576. The summed E-state index contributed by atoms with van der Waals surface area (Å²) in [5, 5.41) is 8.25. The lowest BCUT2D eigenvalue weighted by molar-refractivity contribution is 0.429. The number of nitrogen functional groups attached to an aromatic ring is 1. The van der Waals surface area contributed by atoms with Gasteiger partial charge in [-0.25, -0.2) is 0 Å². The number of nitrogens with two attached hydrogens (primary N) is 1. The number of aromatic nitrogens is 2. The summed E-state index contributed by atoms with van der Waals surface area (Å²) < 4.78 is 6.20. The van der Waals surface area contributed by atoms with E-state index in [0.717, 1.165) is 21.5 Å². The first-order valence-corrected chi connectivity index (χ1v) is 6.40. The van der Waals surface area contributed by atoms with Crippen LogP contribution in [0.25, 0.3) is 0 Å². The zero-order chi connectivity index (χ0) is 11.5. The van der Waals surface area contributed by atoms with Crippen LogP contribution in [0.15, 0.2) is 32.3 Å². The van der Waals surface area contributed by atoms with Crippen LogP contribution < -0.4 is 5.73 Å². The van der Waals surface area contributed by atoms with Crippen molar-refractivity contribution >= 4 is 33.4 Å². The molecule has 84 valence electrons. The molecule has 2 rings (SSSR count). The highest BCUT2D eigenvalue weighted by atomic mass is 79.9. The largest absolute Gasteiger partial charge is 0.416 e. The molecule has 0 radical (unpaired) electrons. The van der Waals surface area contributed by atoms with Gasteiger partial charge in [0.25, 0.3) is 5.22 Å². The molecule has 0 saturated carbocycles. The topological polar surface area (TPSA) is 64.9 Å². The van der Waals surface area contributed by atoms with E-state index in [4.69, 9.17) is 10.2 Å². The first-order valence-electron chi connectivity index (χ1n) is 4.62. The number of thioether (sulfide) groups is 1. The Balaban J connectivity index is 2.07. The number of benzene rings is 1. The SMILES string of the molecule is Cc1nnc(SCc2cccc(N)c2Br)o1. The Hall–Kier alpha value is -1.01. The molecule has 0 spiro atoms. The third-order valence-electron chi connectivity index (χ3n) is 1.97. The first-order chi connectivity index (χ1) is 7.66. The van der Waals surface area contributed by atoms with Crippen molar-refractivity contribution in [2.75, 3.05) is 5.73 Å². The van der Waals surface area contributed by atoms with E-state index in [2.05, 4.69) is 26.1 Å². The van der Waals surface area contributed by atoms with E-state index in [0.29, 0.717) is 11.1 Å². The normalized spacial score (nSPS) is 10.6. The van der Waals surface area contributed by atoms with Crippen LogP contribution in [0.2, 0.25) is 0 Å². The maximum atomic E-state index is 5.79. The number of nitrogens with zero attached hydrogens (tertiary/aromatic N) is 2. The molecule has 1 heterocycles. The van der Waals surface area contributed by atoms with E-state index in [9.17, 15) is 0 Å². The van der Waals surface area contributed by atoms with Gasteiger partial charge in [-0.3, -0.25) is 0 Å². The number of hydrogen-bond acceptors (Lipinski definition) is 5. The van der Waals surface area contributed by atoms with E-state index >= 15 is 0 Å². The predicted octanol–water partition coefficient (Wildman–Crippen LogP) is 3.02. The van der Waals surface area contributed by atoms with Gasteiger partial charge in [-0.1, -0.05) is 23.9 Å². The Morgan fingerprint density at radius 1 is 1.44 bits per heavy atom. The quantitative estimate of drug-likeness (QED) is 0.697. The van der Waals surface area contributed by atoms with Crippen molar-refractivity contribution in [1.82, 2.24) is 10.2 Å². The summed E-state index contributed by atoms with van der Waals surface area (Å²) in [7, 11) is 0. The van der Waals surface area contributed by atoms with Gasteiger partial charge >= 0.3 is 0 Å². The van der Waals surface area contributed by atoms with Crippen LogP contribution in [0.5, 0.6) is 0 Å². The highest BCUT2D eigenvalue weighted by molar-refractivity contribution is 9.10. The molecule has 6 heteroatoms. The highest BCUT2D eigenvalue weighted by Crippen LogP contribution is 2.29. The third-order valence-corrected chi connectivity index (χ3v) is 3.80. The van der Waals surface area contributed by atoms with E-state index in [1.54, 1.807) is 6.92 Å². The lowest BCUT2D eigenvalue weighted by atomic mass is 10.2. The molecule has 2 N–H and O–H groups in total. The summed E-state index contributed by atoms with van der Waals surface area (Å²) in [5.41, 5.74) is 7.63. The molecule has 0 fully saturated rings. The van der Waals surface area contributed by atoms with Gasteiger partial charge in [-0.05, 0) is 27.6 Å². The number of anilines is 1. The molecule has 0 aliphatic rings. The van der Waals surface area contributed by atoms with E-state index in [1.165, 1.54) is 11.8 Å². The van der Waals surface area contributed by atoms with Crippen LogP contribution in [-0.2, 0) is 5.75 Å². The molecule has 0 atom stereocenters.